The van der Waals surface area contributed by atoms with Gasteiger partial charge in [0.25, 0.3) is 0 Å². The Morgan fingerprint density at radius 2 is 2.09 bits per heavy atom. The molecule has 0 spiro atoms. The van der Waals surface area contributed by atoms with Crippen LogP contribution in [0.4, 0.5) is 0 Å². The normalized spacial score (nSPS) is 20.0. The average molecular weight is 392 g/mol. The summed E-state index contributed by atoms with van der Waals surface area (Å²) in [5.41, 5.74) is 1.04. The molecule has 1 saturated heterocycles. The molecule has 3 rings (SSSR count). The Kier molecular flexibility index (Phi) is 4.92. The zero-order chi connectivity index (χ0) is 16.6. The molecule has 124 valence electrons. The smallest absolute Gasteiger partial charge is 0.191 e. The largest absolute Gasteiger partial charge is 0.309 e. The van der Waals surface area contributed by atoms with E-state index in [0.717, 1.165) is 16.5 Å². The zero-order valence-corrected chi connectivity index (χ0v) is 15.5. The van der Waals surface area contributed by atoms with Crippen molar-refractivity contribution in [3.63, 3.8) is 0 Å². The Hall–Kier alpha value is -0.760. The van der Waals surface area contributed by atoms with Gasteiger partial charge in [-0.1, -0.05) is 41.0 Å². The summed E-state index contributed by atoms with van der Waals surface area (Å²) in [4.78, 5) is 0. The molecule has 1 aliphatic heterocycles. The second kappa shape index (κ2) is 6.63. The van der Waals surface area contributed by atoms with E-state index in [4.69, 9.17) is 23.2 Å². The predicted molar refractivity (Wildman–Crippen MR) is 93.0 cm³/mol. The first-order valence-electron chi connectivity index (χ1n) is 7.02. The van der Waals surface area contributed by atoms with Gasteiger partial charge in [0.1, 0.15) is 5.82 Å². The highest BCUT2D eigenvalue weighted by Gasteiger charge is 2.32. The summed E-state index contributed by atoms with van der Waals surface area (Å²) in [6.07, 6.45) is 0.617. The van der Waals surface area contributed by atoms with Crippen molar-refractivity contribution in [2.75, 3.05) is 11.5 Å². The lowest BCUT2D eigenvalue weighted by molar-refractivity contribution is 0.599. The molecule has 0 radical (unpaired) electrons. The van der Waals surface area contributed by atoms with Gasteiger partial charge in [0, 0.05) is 18.7 Å². The van der Waals surface area contributed by atoms with Gasteiger partial charge in [-0.05, 0) is 24.1 Å². The molecule has 9 heteroatoms. The summed E-state index contributed by atoms with van der Waals surface area (Å²) < 4.78 is 25.1. The molecule has 1 aromatic heterocycles. The molecule has 5 nitrogen and oxygen atoms in total. The van der Waals surface area contributed by atoms with Crippen LogP contribution in [0.5, 0.6) is 0 Å². The topological polar surface area (TPSA) is 64.8 Å². The minimum Gasteiger partial charge on any atom is -0.309 e. The monoisotopic (exact) mass is 391 g/mol. The van der Waals surface area contributed by atoms with E-state index in [9.17, 15) is 8.42 Å². The van der Waals surface area contributed by atoms with Crippen LogP contribution in [0.2, 0.25) is 10.0 Å². The molecule has 0 saturated carbocycles. The second-order valence-electron chi connectivity index (χ2n) is 5.54. The van der Waals surface area contributed by atoms with Gasteiger partial charge >= 0.3 is 0 Å². The van der Waals surface area contributed by atoms with Crippen LogP contribution in [0, 0.1) is 0 Å². The first-order valence-corrected chi connectivity index (χ1v) is 10.6. The maximum Gasteiger partial charge on any atom is 0.191 e. The van der Waals surface area contributed by atoms with Crippen LogP contribution in [0.3, 0.4) is 0 Å². The molecule has 1 fully saturated rings. The third-order valence-corrected chi connectivity index (χ3v) is 7.42. The van der Waals surface area contributed by atoms with Gasteiger partial charge in [0.15, 0.2) is 15.0 Å². The van der Waals surface area contributed by atoms with Crippen molar-refractivity contribution in [1.29, 1.82) is 0 Å². The lowest BCUT2D eigenvalue weighted by atomic mass is 10.1. The number of hydrogen-bond acceptors (Lipinski definition) is 5. The highest BCUT2D eigenvalue weighted by molar-refractivity contribution is 7.98. The van der Waals surface area contributed by atoms with E-state index in [0.29, 0.717) is 22.2 Å². The minimum absolute atomic E-state index is 0.0585. The van der Waals surface area contributed by atoms with E-state index < -0.39 is 9.84 Å². The first kappa shape index (κ1) is 17.1. The predicted octanol–water partition coefficient (Wildman–Crippen LogP) is 3.32. The number of sulfone groups is 1. The summed E-state index contributed by atoms with van der Waals surface area (Å²) in [5.74, 6) is 1.76. The lowest BCUT2D eigenvalue weighted by Crippen LogP contribution is -2.09. The van der Waals surface area contributed by atoms with Gasteiger partial charge in [-0.2, -0.15) is 0 Å². The van der Waals surface area contributed by atoms with E-state index in [1.54, 1.807) is 6.07 Å². The van der Waals surface area contributed by atoms with Crippen LogP contribution in [-0.4, -0.2) is 34.7 Å². The molecule has 0 unspecified atom stereocenters. The number of hydrogen-bond donors (Lipinski definition) is 0. The average Bonchev–Trinajstić information content (AvgIpc) is 3.03. The van der Waals surface area contributed by atoms with Crippen molar-refractivity contribution in [3.8, 4) is 0 Å². The maximum absolute atomic E-state index is 11.6. The highest BCUT2D eigenvalue weighted by atomic mass is 35.5. The Bertz CT molecular complexity index is 837. The molecule has 1 atom stereocenters. The Labute approximate surface area is 149 Å². The molecule has 1 aromatic carbocycles. The quantitative estimate of drug-likeness (QED) is 0.747. The van der Waals surface area contributed by atoms with Gasteiger partial charge in [-0.3, -0.25) is 0 Å². The summed E-state index contributed by atoms with van der Waals surface area (Å²) in [6, 6.07) is 5.52. The molecule has 0 aliphatic carbocycles. The molecule has 0 amide bonds. The van der Waals surface area contributed by atoms with Gasteiger partial charge in [-0.15, -0.1) is 10.2 Å². The van der Waals surface area contributed by atoms with Crippen molar-refractivity contribution in [2.45, 2.75) is 23.2 Å². The van der Waals surface area contributed by atoms with Crippen LogP contribution in [-0.2, 0) is 22.6 Å². The number of benzene rings is 1. The van der Waals surface area contributed by atoms with Gasteiger partial charge in [-0.25, -0.2) is 8.42 Å². The zero-order valence-electron chi connectivity index (χ0n) is 12.4. The molecule has 0 N–H and O–H groups in total. The minimum atomic E-state index is -2.93. The SMILES string of the molecule is Cn1c(SCc2ccc(Cl)c(Cl)c2)nnc1[C@@H]1CCS(=O)(=O)C1. The lowest BCUT2D eigenvalue weighted by Gasteiger charge is -2.08. The van der Waals surface area contributed by atoms with E-state index in [1.807, 2.05) is 23.7 Å². The fourth-order valence-corrected chi connectivity index (χ4v) is 5.50. The fraction of sp³-hybridized carbons (Fsp3) is 0.429. The summed E-state index contributed by atoms with van der Waals surface area (Å²) in [5, 5.41) is 10.2. The fourth-order valence-electron chi connectivity index (χ4n) is 2.58. The Morgan fingerprint density at radius 3 is 2.74 bits per heavy atom. The van der Waals surface area contributed by atoms with Crippen LogP contribution in [0.15, 0.2) is 23.4 Å². The molecule has 1 aliphatic rings. The third kappa shape index (κ3) is 3.84. The maximum atomic E-state index is 11.6. The van der Waals surface area contributed by atoms with Crippen LogP contribution >= 0.6 is 35.0 Å². The van der Waals surface area contributed by atoms with Gasteiger partial charge < -0.3 is 4.57 Å². The van der Waals surface area contributed by atoms with E-state index in [1.165, 1.54) is 11.8 Å². The van der Waals surface area contributed by atoms with E-state index >= 15 is 0 Å². The third-order valence-electron chi connectivity index (χ3n) is 3.82. The number of aromatic nitrogens is 3. The molecule has 2 aromatic rings. The number of nitrogens with zero attached hydrogens (tertiary/aromatic N) is 3. The molecule has 23 heavy (non-hydrogen) atoms. The van der Waals surface area contributed by atoms with Gasteiger partial charge in [0.05, 0.1) is 21.6 Å². The molecule has 0 bridgehead atoms. The molecular weight excluding hydrogens is 377 g/mol. The van der Waals surface area contributed by atoms with E-state index in [2.05, 4.69) is 10.2 Å². The molecule has 2 heterocycles. The summed E-state index contributed by atoms with van der Waals surface area (Å²) in [7, 11) is -1.06. The molecular formula is C14H15Cl2N3O2S2. The van der Waals surface area contributed by atoms with E-state index in [-0.39, 0.29) is 17.4 Å². The summed E-state index contributed by atoms with van der Waals surface area (Å²) in [6.45, 7) is 0. The standard InChI is InChI=1S/C14H15Cl2N3O2S2/c1-19-13(10-4-5-23(20,21)8-10)17-18-14(19)22-7-9-2-3-11(15)12(16)6-9/h2-3,6,10H,4-5,7-8H2,1H3/t10-/m1/s1. The first-order chi connectivity index (χ1) is 10.9. The number of halogens is 2. The van der Waals surface area contributed by atoms with Crippen molar-refractivity contribution in [2.24, 2.45) is 7.05 Å². The van der Waals surface area contributed by atoms with Crippen molar-refractivity contribution < 1.29 is 8.42 Å². The van der Waals surface area contributed by atoms with Crippen molar-refractivity contribution >= 4 is 44.8 Å². The van der Waals surface area contributed by atoms with Crippen molar-refractivity contribution in [1.82, 2.24) is 14.8 Å². The number of thioether (sulfide) groups is 1. The van der Waals surface area contributed by atoms with Gasteiger partial charge in [0.2, 0.25) is 0 Å². The summed E-state index contributed by atoms with van der Waals surface area (Å²) >= 11 is 13.5. The van der Waals surface area contributed by atoms with Crippen LogP contribution in [0.25, 0.3) is 0 Å². The van der Waals surface area contributed by atoms with Crippen LogP contribution < -0.4 is 0 Å². The highest BCUT2D eigenvalue weighted by Crippen LogP contribution is 2.31. The second-order valence-corrected chi connectivity index (χ2v) is 9.52. The number of rotatable bonds is 4. The Balaban J connectivity index is 1.71. The van der Waals surface area contributed by atoms with Crippen molar-refractivity contribution in [3.05, 3.63) is 39.6 Å². The van der Waals surface area contributed by atoms with Crippen LogP contribution in [0.1, 0.15) is 23.7 Å². The Morgan fingerprint density at radius 1 is 1.30 bits per heavy atom.